The van der Waals surface area contributed by atoms with Crippen LogP contribution in [0.4, 0.5) is 5.82 Å². The summed E-state index contributed by atoms with van der Waals surface area (Å²) in [5.74, 6) is 1.50. The highest BCUT2D eigenvalue weighted by molar-refractivity contribution is 7.19. The minimum atomic E-state index is -0.441. The van der Waals surface area contributed by atoms with Gasteiger partial charge in [0.25, 0.3) is 0 Å². The molecule has 1 aromatic carbocycles. The molecule has 0 saturated heterocycles. The Morgan fingerprint density at radius 2 is 2.00 bits per heavy atom. The van der Waals surface area contributed by atoms with Crippen molar-refractivity contribution < 1.29 is 9.53 Å². The van der Waals surface area contributed by atoms with Gasteiger partial charge >= 0.3 is 5.97 Å². The van der Waals surface area contributed by atoms with Gasteiger partial charge in [-0.25, -0.2) is 14.8 Å². The number of hydrogen-bond donors (Lipinski definition) is 1. The van der Waals surface area contributed by atoms with Gasteiger partial charge in [-0.05, 0) is 80.1 Å². The lowest BCUT2D eigenvalue weighted by atomic mass is 9.97. The molecule has 32 heavy (non-hydrogen) atoms. The van der Waals surface area contributed by atoms with Crippen molar-refractivity contribution in [2.24, 2.45) is 5.10 Å². The van der Waals surface area contributed by atoms with Crippen LogP contribution in [0, 0.1) is 6.92 Å². The van der Waals surface area contributed by atoms with Crippen molar-refractivity contribution in [3.8, 4) is 5.75 Å². The van der Waals surface area contributed by atoms with Crippen molar-refractivity contribution in [2.75, 3.05) is 5.43 Å². The van der Waals surface area contributed by atoms with Crippen LogP contribution in [0.25, 0.3) is 10.2 Å². The minimum Gasteiger partial charge on any atom is -0.423 e. The van der Waals surface area contributed by atoms with E-state index in [-0.39, 0.29) is 0 Å². The number of pyridine rings is 1. The number of esters is 1. The second-order valence-corrected chi connectivity index (χ2v) is 8.66. The number of aromatic nitrogens is 3. The molecule has 3 aromatic heterocycles. The number of rotatable bonds is 5. The number of ether oxygens (including phenoxy) is 1. The number of aryl methyl sites for hydroxylation is 3. The summed E-state index contributed by atoms with van der Waals surface area (Å²) in [5.41, 5.74) is 5.76. The van der Waals surface area contributed by atoms with Gasteiger partial charge in [0.05, 0.1) is 17.2 Å². The molecule has 160 valence electrons. The average molecular weight is 444 g/mol. The summed E-state index contributed by atoms with van der Waals surface area (Å²) in [6, 6.07) is 10.5. The maximum Gasteiger partial charge on any atom is 0.345 e. The van der Waals surface area contributed by atoms with Crippen molar-refractivity contribution in [1.82, 2.24) is 15.0 Å². The molecule has 0 atom stereocenters. The normalized spacial score (nSPS) is 13.3. The summed E-state index contributed by atoms with van der Waals surface area (Å²) >= 11 is 1.77. The molecule has 7 nitrogen and oxygen atoms in total. The predicted molar refractivity (Wildman–Crippen MR) is 126 cm³/mol. The summed E-state index contributed by atoms with van der Waals surface area (Å²) in [5, 5.41) is 5.50. The Hall–Kier alpha value is -3.65. The fraction of sp³-hybridized carbons (Fsp3) is 0.208. The highest BCUT2D eigenvalue weighted by Gasteiger charge is 2.20. The largest absolute Gasteiger partial charge is 0.423 e. The van der Waals surface area contributed by atoms with Gasteiger partial charge in [-0.2, -0.15) is 5.10 Å². The molecule has 0 radical (unpaired) electrons. The molecular formula is C24H21N5O2S. The van der Waals surface area contributed by atoms with E-state index >= 15 is 0 Å². The maximum absolute atomic E-state index is 12.1. The molecular weight excluding hydrogens is 422 g/mol. The van der Waals surface area contributed by atoms with Crippen LogP contribution < -0.4 is 10.2 Å². The first-order valence-corrected chi connectivity index (χ1v) is 11.3. The Kier molecular flexibility index (Phi) is 5.60. The Morgan fingerprint density at radius 3 is 2.81 bits per heavy atom. The molecule has 0 aliphatic heterocycles. The lowest BCUT2D eigenvalue weighted by Gasteiger charge is -2.11. The summed E-state index contributed by atoms with van der Waals surface area (Å²) in [6.07, 6.45) is 9.43. The lowest BCUT2D eigenvalue weighted by Crippen LogP contribution is -2.08. The first-order chi connectivity index (χ1) is 15.7. The SMILES string of the molecule is Cc1nc(NN=Cc2ccc(OC(=O)c3cccnc3)cc2)c2c3c(sc2n1)CCCC3. The van der Waals surface area contributed by atoms with E-state index in [2.05, 4.69) is 25.5 Å². The van der Waals surface area contributed by atoms with Crippen LogP contribution in [-0.2, 0) is 12.8 Å². The molecule has 0 amide bonds. The van der Waals surface area contributed by atoms with Gasteiger partial charge in [0.2, 0.25) is 0 Å². The van der Waals surface area contributed by atoms with Crippen LogP contribution in [0.5, 0.6) is 5.75 Å². The third kappa shape index (κ3) is 4.22. The zero-order valence-electron chi connectivity index (χ0n) is 17.5. The number of thiophene rings is 1. The van der Waals surface area contributed by atoms with E-state index in [9.17, 15) is 4.79 Å². The number of hydrazone groups is 1. The summed E-state index contributed by atoms with van der Waals surface area (Å²) in [6.45, 7) is 1.90. The quantitative estimate of drug-likeness (QED) is 0.203. The molecule has 5 rings (SSSR count). The molecule has 8 heteroatoms. The Balaban J connectivity index is 1.30. The van der Waals surface area contributed by atoms with E-state index in [1.165, 1.54) is 29.5 Å². The van der Waals surface area contributed by atoms with Crippen LogP contribution in [0.1, 0.15) is 45.0 Å². The van der Waals surface area contributed by atoms with E-state index in [4.69, 9.17) is 4.74 Å². The van der Waals surface area contributed by atoms with E-state index in [0.717, 1.165) is 40.3 Å². The van der Waals surface area contributed by atoms with Gasteiger partial charge in [0.1, 0.15) is 16.4 Å². The van der Waals surface area contributed by atoms with Crippen molar-refractivity contribution in [3.05, 3.63) is 76.2 Å². The monoisotopic (exact) mass is 443 g/mol. The van der Waals surface area contributed by atoms with Crippen LogP contribution in [0.2, 0.25) is 0 Å². The van der Waals surface area contributed by atoms with E-state index in [0.29, 0.717) is 11.3 Å². The van der Waals surface area contributed by atoms with E-state index in [1.807, 2.05) is 19.1 Å². The second kappa shape index (κ2) is 8.84. The Morgan fingerprint density at radius 1 is 1.16 bits per heavy atom. The fourth-order valence-corrected chi connectivity index (χ4v) is 5.09. The van der Waals surface area contributed by atoms with Crippen molar-refractivity contribution >= 4 is 39.6 Å². The van der Waals surface area contributed by atoms with Crippen LogP contribution >= 0.6 is 11.3 Å². The van der Waals surface area contributed by atoms with Crippen molar-refractivity contribution in [2.45, 2.75) is 32.6 Å². The van der Waals surface area contributed by atoms with Crippen molar-refractivity contribution in [3.63, 3.8) is 0 Å². The topological polar surface area (TPSA) is 89.4 Å². The van der Waals surface area contributed by atoms with Gasteiger partial charge < -0.3 is 4.74 Å². The molecule has 4 aromatic rings. The Labute approximate surface area is 189 Å². The zero-order chi connectivity index (χ0) is 21.9. The number of carbonyl (C=O) groups excluding carboxylic acids is 1. The average Bonchev–Trinajstić information content (AvgIpc) is 3.19. The number of benzene rings is 1. The number of fused-ring (bicyclic) bond motifs is 3. The first-order valence-electron chi connectivity index (χ1n) is 10.5. The molecule has 1 aliphatic carbocycles. The van der Waals surface area contributed by atoms with Crippen LogP contribution in [-0.4, -0.2) is 27.1 Å². The molecule has 0 fully saturated rings. The summed E-state index contributed by atoms with van der Waals surface area (Å²) in [7, 11) is 0. The highest BCUT2D eigenvalue weighted by Crippen LogP contribution is 2.38. The van der Waals surface area contributed by atoms with Gasteiger partial charge in [-0.1, -0.05) is 0 Å². The van der Waals surface area contributed by atoms with Gasteiger partial charge in [-0.3, -0.25) is 10.4 Å². The molecule has 0 spiro atoms. The van der Waals surface area contributed by atoms with Gasteiger partial charge in [0, 0.05) is 17.3 Å². The predicted octanol–water partition coefficient (Wildman–Crippen LogP) is 4.94. The summed E-state index contributed by atoms with van der Waals surface area (Å²) < 4.78 is 5.38. The zero-order valence-corrected chi connectivity index (χ0v) is 18.4. The standard InChI is InChI=1S/C24H21N5O2S/c1-15-27-22(21-19-6-2-3-7-20(19)32-23(21)28-15)29-26-13-16-8-10-18(11-9-16)31-24(30)17-5-4-12-25-14-17/h4-5,8-14H,2-3,6-7H2,1H3,(H,27,28,29). The fourth-order valence-electron chi connectivity index (χ4n) is 3.78. The number of nitrogens with zero attached hydrogens (tertiary/aromatic N) is 4. The molecule has 3 heterocycles. The number of carbonyl (C=O) groups is 1. The van der Waals surface area contributed by atoms with Crippen LogP contribution in [0.3, 0.4) is 0 Å². The van der Waals surface area contributed by atoms with E-state index < -0.39 is 5.97 Å². The minimum absolute atomic E-state index is 0.407. The van der Waals surface area contributed by atoms with Crippen molar-refractivity contribution in [1.29, 1.82) is 0 Å². The molecule has 0 unspecified atom stereocenters. The molecule has 0 bridgehead atoms. The van der Waals surface area contributed by atoms with Crippen LogP contribution in [0.15, 0.2) is 53.9 Å². The number of hydrogen-bond acceptors (Lipinski definition) is 8. The molecule has 1 aliphatic rings. The first kappa shape index (κ1) is 20.3. The molecule has 1 N–H and O–H groups in total. The van der Waals surface area contributed by atoms with Gasteiger partial charge in [0.15, 0.2) is 5.82 Å². The number of anilines is 1. The summed E-state index contributed by atoms with van der Waals surface area (Å²) in [4.78, 5) is 27.7. The Bertz CT molecular complexity index is 1300. The van der Waals surface area contributed by atoms with Gasteiger partial charge in [-0.15, -0.1) is 11.3 Å². The smallest absolute Gasteiger partial charge is 0.345 e. The number of nitrogens with one attached hydrogen (secondary N) is 1. The highest BCUT2D eigenvalue weighted by atomic mass is 32.1. The third-order valence-electron chi connectivity index (χ3n) is 5.30. The maximum atomic E-state index is 12.1. The molecule has 0 saturated carbocycles. The van der Waals surface area contributed by atoms with E-state index in [1.54, 1.807) is 48.0 Å². The third-order valence-corrected chi connectivity index (χ3v) is 6.48. The lowest BCUT2D eigenvalue weighted by molar-refractivity contribution is 0.0734. The second-order valence-electron chi connectivity index (χ2n) is 7.58.